The van der Waals surface area contributed by atoms with Crippen LogP contribution < -0.4 is 10.6 Å². The molecular formula is C22H20FN3O2. The molecular weight excluding hydrogens is 357 g/mol. The van der Waals surface area contributed by atoms with Gasteiger partial charge in [-0.3, -0.25) is 14.6 Å². The lowest BCUT2D eigenvalue weighted by Gasteiger charge is -2.08. The van der Waals surface area contributed by atoms with Crippen LogP contribution in [0.25, 0.3) is 0 Å². The van der Waals surface area contributed by atoms with Crippen LogP contribution in [-0.2, 0) is 6.42 Å². The number of hydrogen-bond acceptors (Lipinski definition) is 3. The van der Waals surface area contributed by atoms with E-state index in [1.165, 1.54) is 42.1 Å². The van der Waals surface area contributed by atoms with Gasteiger partial charge in [0.25, 0.3) is 11.8 Å². The van der Waals surface area contributed by atoms with Gasteiger partial charge in [0.2, 0.25) is 0 Å². The molecule has 5 nitrogen and oxygen atoms in total. The van der Waals surface area contributed by atoms with Gasteiger partial charge >= 0.3 is 0 Å². The predicted octanol–water partition coefficient (Wildman–Crippen LogP) is 3.84. The van der Waals surface area contributed by atoms with E-state index in [4.69, 9.17) is 0 Å². The Morgan fingerprint density at radius 2 is 1.75 bits per heavy atom. The molecule has 0 aliphatic heterocycles. The highest BCUT2D eigenvalue weighted by molar-refractivity contribution is 6.05. The number of nitrogens with one attached hydrogen (secondary N) is 2. The normalized spacial score (nSPS) is 10.3. The van der Waals surface area contributed by atoms with E-state index < -0.39 is 11.7 Å². The summed E-state index contributed by atoms with van der Waals surface area (Å²) in [6.07, 6.45) is 3.07. The number of aryl methyl sites for hydroxylation is 1. The first-order valence-corrected chi connectivity index (χ1v) is 8.97. The Morgan fingerprint density at radius 3 is 2.54 bits per heavy atom. The summed E-state index contributed by atoms with van der Waals surface area (Å²) in [7, 11) is 0. The molecule has 0 aliphatic rings. The van der Waals surface area contributed by atoms with E-state index in [0.717, 1.165) is 12.8 Å². The number of anilines is 1. The third kappa shape index (κ3) is 5.48. The monoisotopic (exact) mass is 377 g/mol. The number of pyridine rings is 1. The zero-order valence-corrected chi connectivity index (χ0v) is 15.2. The molecule has 0 unspecified atom stereocenters. The van der Waals surface area contributed by atoms with E-state index in [9.17, 15) is 14.0 Å². The van der Waals surface area contributed by atoms with Gasteiger partial charge < -0.3 is 10.6 Å². The summed E-state index contributed by atoms with van der Waals surface area (Å²) in [5, 5.41) is 5.41. The van der Waals surface area contributed by atoms with Gasteiger partial charge in [-0.2, -0.15) is 0 Å². The van der Waals surface area contributed by atoms with Crippen LogP contribution in [0.1, 0.15) is 32.8 Å². The Morgan fingerprint density at radius 1 is 0.929 bits per heavy atom. The van der Waals surface area contributed by atoms with Crippen molar-refractivity contribution in [2.75, 3.05) is 11.9 Å². The molecule has 0 saturated carbocycles. The lowest BCUT2D eigenvalue weighted by atomic mass is 10.1. The fourth-order valence-corrected chi connectivity index (χ4v) is 2.70. The molecule has 0 bridgehead atoms. The number of halogens is 1. The molecule has 0 atom stereocenters. The summed E-state index contributed by atoms with van der Waals surface area (Å²) in [5.41, 5.74) is 1.99. The van der Waals surface area contributed by atoms with Crippen molar-refractivity contribution in [3.8, 4) is 0 Å². The minimum Gasteiger partial charge on any atom is -0.351 e. The maximum Gasteiger partial charge on any atom is 0.269 e. The molecule has 2 N–H and O–H groups in total. The Balaban J connectivity index is 1.54. The van der Waals surface area contributed by atoms with Crippen molar-refractivity contribution in [2.45, 2.75) is 12.8 Å². The van der Waals surface area contributed by atoms with Gasteiger partial charge in [-0.15, -0.1) is 0 Å². The molecule has 142 valence electrons. The van der Waals surface area contributed by atoms with Gasteiger partial charge in [-0.05, 0) is 48.7 Å². The van der Waals surface area contributed by atoms with Crippen LogP contribution in [0.2, 0.25) is 0 Å². The minimum atomic E-state index is -0.442. The van der Waals surface area contributed by atoms with E-state index in [1.54, 1.807) is 6.07 Å². The highest BCUT2D eigenvalue weighted by atomic mass is 19.1. The maximum absolute atomic E-state index is 13.2. The van der Waals surface area contributed by atoms with E-state index >= 15 is 0 Å². The number of hydrogen-bond donors (Lipinski definition) is 2. The third-order valence-electron chi connectivity index (χ3n) is 4.11. The van der Waals surface area contributed by atoms with E-state index in [-0.39, 0.29) is 17.2 Å². The topological polar surface area (TPSA) is 71.1 Å². The fourth-order valence-electron chi connectivity index (χ4n) is 2.70. The summed E-state index contributed by atoms with van der Waals surface area (Å²) in [6.45, 7) is 0.509. The first kappa shape index (κ1) is 19.2. The Kier molecular flexibility index (Phi) is 6.46. The van der Waals surface area contributed by atoms with Crippen LogP contribution in [0.5, 0.6) is 0 Å². The average Bonchev–Trinajstić information content (AvgIpc) is 2.72. The molecule has 6 heteroatoms. The Hall–Kier alpha value is -3.54. The summed E-state index contributed by atoms with van der Waals surface area (Å²) < 4.78 is 13.2. The van der Waals surface area contributed by atoms with Crippen LogP contribution in [0.4, 0.5) is 10.1 Å². The number of aromatic nitrogens is 1. The van der Waals surface area contributed by atoms with E-state index in [2.05, 4.69) is 15.6 Å². The van der Waals surface area contributed by atoms with Crippen molar-refractivity contribution in [3.63, 3.8) is 0 Å². The van der Waals surface area contributed by atoms with Gasteiger partial charge in [0, 0.05) is 24.0 Å². The quantitative estimate of drug-likeness (QED) is 0.615. The third-order valence-corrected chi connectivity index (χ3v) is 4.11. The standard InChI is InChI=1S/C22H20FN3O2/c23-18-9-4-10-19(15-18)26-21(27)17-11-13-24-20(14-17)22(28)25-12-5-8-16-6-2-1-3-7-16/h1-4,6-7,9-11,13-15H,5,8,12H2,(H,25,28)(H,26,27). The lowest BCUT2D eigenvalue weighted by molar-refractivity contribution is 0.0948. The number of carbonyl (C=O) groups excluding carboxylic acids is 2. The van der Waals surface area contributed by atoms with Gasteiger partial charge in [0.15, 0.2) is 0 Å². The molecule has 0 aliphatic carbocycles. The largest absolute Gasteiger partial charge is 0.351 e. The molecule has 0 fully saturated rings. The number of rotatable bonds is 7. The molecule has 28 heavy (non-hydrogen) atoms. The smallest absolute Gasteiger partial charge is 0.269 e. The van der Waals surface area contributed by atoms with Gasteiger partial charge in [0.05, 0.1) is 0 Å². The van der Waals surface area contributed by atoms with Crippen LogP contribution in [0.3, 0.4) is 0 Å². The van der Waals surface area contributed by atoms with Gasteiger partial charge in [-0.25, -0.2) is 4.39 Å². The van der Waals surface area contributed by atoms with Crippen LogP contribution in [0.15, 0.2) is 72.9 Å². The second-order valence-corrected chi connectivity index (χ2v) is 6.24. The molecule has 0 spiro atoms. The number of nitrogens with zero attached hydrogens (tertiary/aromatic N) is 1. The highest BCUT2D eigenvalue weighted by Crippen LogP contribution is 2.12. The van der Waals surface area contributed by atoms with Gasteiger partial charge in [0.1, 0.15) is 11.5 Å². The van der Waals surface area contributed by atoms with Crippen LogP contribution in [0, 0.1) is 5.82 Å². The first-order valence-electron chi connectivity index (χ1n) is 8.97. The molecule has 3 aromatic rings. The second-order valence-electron chi connectivity index (χ2n) is 6.24. The zero-order valence-electron chi connectivity index (χ0n) is 15.2. The molecule has 0 radical (unpaired) electrons. The van der Waals surface area contributed by atoms with E-state index in [1.807, 2.05) is 30.3 Å². The average molecular weight is 377 g/mol. The SMILES string of the molecule is O=C(Nc1cccc(F)c1)c1ccnc(C(=O)NCCCc2ccccc2)c1. The number of amides is 2. The fraction of sp³-hybridized carbons (Fsp3) is 0.136. The predicted molar refractivity (Wildman–Crippen MR) is 106 cm³/mol. The maximum atomic E-state index is 13.2. The van der Waals surface area contributed by atoms with Crippen LogP contribution in [-0.4, -0.2) is 23.3 Å². The van der Waals surface area contributed by atoms with Crippen LogP contribution >= 0.6 is 0 Å². The second kappa shape index (κ2) is 9.41. The van der Waals surface area contributed by atoms with Crippen molar-refractivity contribution in [3.05, 3.63) is 95.6 Å². The number of carbonyl (C=O) groups is 2. The van der Waals surface area contributed by atoms with Crippen molar-refractivity contribution < 1.29 is 14.0 Å². The summed E-state index contributed by atoms with van der Waals surface area (Å²) >= 11 is 0. The molecule has 2 aromatic carbocycles. The Labute approximate surface area is 162 Å². The summed E-state index contributed by atoms with van der Waals surface area (Å²) in [6, 6.07) is 18.6. The molecule has 1 heterocycles. The highest BCUT2D eigenvalue weighted by Gasteiger charge is 2.12. The van der Waals surface area contributed by atoms with Crippen molar-refractivity contribution in [1.82, 2.24) is 10.3 Å². The number of benzene rings is 2. The zero-order chi connectivity index (χ0) is 19.8. The Bertz CT molecular complexity index is 961. The minimum absolute atomic E-state index is 0.159. The lowest BCUT2D eigenvalue weighted by Crippen LogP contribution is -2.26. The van der Waals surface area contributed by atoms with Gasteiger partial charge in [-0.1, -0.05) is 36.4 Å². The molecule has 3 rings (SSSR count). The van der Waals surface area contributed by atoms with Crippen molar-refractivity contribution >= 4 is 17.5 Å². The molecule has 2 amide bonds. The van der Waals surface area contributed by atoms with Crippen molar-refractivity contribution in [2.24, 2.45) is 0 Å². The molecule has 1 aromatic heterocycles. The summed E-state index contributed by atoms with van der Waals surface area (Å²) in [4.78, 5) is 28.6. The first-order chi connectivity index (χ1) is 13.6. The summed E-state index contributed by atoms with van der Waals surface area (Å²) in [5.74, 6) is -1.22. The van der Waals surface area contributed by atoms with Crippen molar-refractivity contribution in [1.29, 1.82) is 0 Å². The molecule has 0 saturated heterocycles. The van der Waals surface area contributed by atoms with E-state index in [0.29, 0.717) is 12.2 Å².